The molecule has 0 aliphatic carbocycles. The van der Waals surface area contributed by atoms with Gasteiger partial charge in [0.25, 0.3) is 0 Å². The second kappa shape index (κ2) is 42.4. The fourth-order valence-electron chi connectivity index (χ4n) is 17.1. The van der Waals surface area contributed by atoms with E-state index >= 15 is 0 Å². The molecule has 0 saturated heterocycles. The maximum Gasteiger partial charge on any atom is 0.164 e. The summed E-state index contributed by atoms with van der Waals surface area (Å²) < 4.78 is 0. The Morgan fingerprint density at radius 1 is 0.0972 bits per heavy atom. The van der Waals surface area contributed by atoms with E-state index in [1.54, 1.807) is 31.0 Å². The summed E-state index contributed by atoms with van der Waals surface area (Å²) in [7, 11) is 0. The number of nitrogens with zero attached hydrogens (tertiary/aromatic N) is 17. The van der Waals surface area contributed by atoms with Gasteiger partial charge < -0.3 is 0 Å². The van der Waals surface area contributed by atoms with Crippen LogP contribution in [0.5, 0.6) is 0 Å². The summed E-state index contributed by atoms with van der Waals surface area (Å²) >= 11 is 0. The van der Waals surface area contributed by atoms with Crippen molar-refractivity contribution in [3.05, 3.63) is 517 Å². The highest BCUT2D eigenvalue weighted by molar-refractivity contribution is 5.87. The third-order valence-electron chi connectivity index (χ3n) is 24.5. The van der Waals surface area contributed by atoms with Gasteiger partial charge in [0.15, 0.2) is 58.2 Å². The highest BCUT2D eigenvalue weighted by Crippen LogP contribution is 2.41. The van der Waals surface area contributed by atoms with Crippen LogP contribution in [0.2, 0.25) is 0 Å². The van der Waals surface area contributed by atoms with Gasteiger partial charge in [-0.05, 0) is 176 Å². The lowest BCUT2D eigenvalue weighted by atomic mass is 9.94. The zero-order valence-electron chi connectivity index (χ0n) is 77.7. The van der Waals surface area contributed by atoms with E-state index in [9.17, 15) is 0 Å². The van der Waals surface area contributed by atoms with Crippen molar-refractivity contribution in [2.24, 2.45) is 0 Å². The largest absolute Gasteiger partial charge is 0.261 e. The van der Waals surface area contributed by atoms with Crippen molar-refractivity contribution < 1.29 is 0 Å². The fraction of sp³-hybridized carbons (Fsp3) is 0. The predicted molar refractivity (Wildman–Crippen MR) is 576 cm³/mol. The normalized spacial score (nSPS) is 10.9. The van der Waals surface area contributed by atoms with Crippen molar-refractivity contribution in [3.63, 3.8) is 0 Å². The number of rotatable bonds is 21. The van der Waals surface area contributed by atoms with Crippen LogP contribution in [0, 0.1) is 0 Å². The van der Waals surface area contributed by atoms with Gasteiger partial charge >= 0.3 is 0 Å². The molecule has 0 N–H and O–H groups in total. The summed E-state index contributed by atoms with van der Waals surface area (Å²) in [5.74, 6) is 6.27. The highest BCUT2D eigenvalue weighted by atomic mass is 15.1. The fourth-order valence-corrected chi connectivity index (χ4v) is 17.1. The Morgan fingerprint density at radius 2 is 0.271 bits per heavy atom. The molecule has 24 rings (SSSR count). The molecule has 144 heavy (non-hydrogen) atoms. The van der Waals surface area contributed by atoms with E-state index in [-0.39, 0.29) is 0 Å². The van der Waals surface area contributed by atoms with Crippen molar-refractivity contribution in [1.82, 2.24) is 84.7 Å². The SMILES string of the molecule is c1ccc(-c2nc(-c3ccccc3)nc(-c3cc(-c4ccc(-c5ccccn5)cc4)cc(-c4ccc(-c5ccccn5)cc4)c3)n2)cc1.c1ccc(-c2nc(-c3ccccc3)nc(-c3cc(-c4ccc(-c5ccccn5)cc4)cc(-c4ccc(-c5cnccn5)cc4)c3)n2)cc1.c1ccc(-c2nc(-c3ccccc3)nc(-c3cc(-c4ccc(-c5ccccn5)cc4)cc(-c4ccc(-c5ncccn5)cc4)c3)n2)cc1. The van der Waals surface area contributed by atoms with E-state index in [4.69, 9.17) is 44.9 Å². The minimum Gasteiger partial charge on any atom is -0.261 e. The molecule has 24 aromatic rings. The molecule has 0 amide bonds. The Hall–Kier alpha value is -19.9. The Kier molecular flexibility index (Phi) is 26.3. The average Bonchev–Trinajstić information content (AvgIpc) is 0.785. The molecular weight excluding hydrogens is 1760 g/mol. The quantitative estimate of drug-likeness (QED) is 0.0653. The van der Waals surface area contributed by atoms with Crippen molar-refractivity contribution in [3.8, 4) is 237 Å². The van der Waals surface area contributed by atoms with Crippen molar-refractivity contribution in [1.29, 1.82) is 0 Å². The molecule has 9 aromatic heterocycles. The zero-order chi connectivity index (χ0) is 96.4. The molecule has 0 saturated carbocycles. The molecule has 0 fully saturated rings. The second-order valence-corrected chi connectivity index (χ2v) is 34.0. The molecule has 0 aliphatic rings. The number of hydrogen-bond acceptors (Lipinski definition) is 17. The van der Waals surface area contributed by atoms with Crippen LogP contribution in [-0.2, 0) is 0 Å². The van der Waals surface area contributed by atoms with Gasteiger partial charge in [0.1, 0.15) is 0 Å². The van der Waals surface area contributed by atoms with Crippen LogP contribution in [0.3, 0.4) is 0 Å². The third-order valence-corrected chi connectivity index (χ3v) is 24.5. The molecule has 0 atom stereocenters. The lowest BCUT2D eigenvalue weighted by molar-refractivity contribution is 1.07. The number of benzene rings is 15. The molecule has 9 heterocycles. The zero-order valence-corrected chi connectivity index (χ0v) is 77.7. The number of hydrogen-bond donors (Lipinski definition) is 0. The van der Waals surface area contributed by atoms with Crippen molar-refractivity contribution in [2.45, 2.75) is 0 Å². The van der Waals surface area contributed by atoms with Crippen molar-refractivity contribution >= 4 is 0 Å². The van der Waals surface area contributed by atoms with Crippen LogP contribution in [0.1, 0.15) is 0 Å². The smallest absolute Gasteiger partial charge is 0.164 e. The number of aromatic nitrogens is 17. The minimum absolute atomic E-state index is 0.602. The van der Waals surface area contributed by atoms with E-state index in [2.05, 4.69) is 240 Å². The highest BCUT2D eigenvalue weighted by Gasteiger charge is 2.22. The summed E-state index contributed by atoms with van der Waals surface area (Å²) in [4.78, 5) is 80.5. The van der Waals surface area contributed by atoms with Crippen LogP contribution in [0.4, 0.5) is 0 Å². The first kappa shape index (κ1) is 89.3. The average molecular weight is 1850 g/mol. The Balaban J connectivity index is 0.000000123. The summed E-state index contributed by atoms with van der Waals surface area (Å²) in [5.41, 5.74) is 31.9. The van der Waals surface area contributed by atoms with Gasteiger partial charge in [0.2, 0.25) is 0 Å². The third kappa shape index (κ3) is 21.0. The van der Waals surface area contributed by atoms with E-state index in [1.165, 1.54) is 0 Å². The first-order chi connectivity index (χ1) is 71.3. The summed E-state index contributed by atoms with van der Waals surface area (Å²) in [5, 5.41) is 0. The maximum atomic E-state index is 5.04. The lowest BCUT2D eigenvalue weighted by Gasteiger charge is -2.13. The van der Waals surface area contributed by atoms with Gasteiger partial charge in [0, 0.05) is 133 Å². The summed E-state index contributed by atoms with van der Waals surface area (Å²) in [6, 6.07) is 156. The van der Waals surface area contributed by atoms with E-state index in [0.29, 0.717) is 58.2 Å². The Labute approximate surface area is 832 Å². The molecule has 0 spiro atoms. The van der Waals surface area contributed by atoms with Gasteiger partial charge in [-0.2, -0.15) is 0 Å². The van der Waals surface area contributed by atoms with Crippen LogP contribution >= 0.6 is 0 Å². The molecule has 17 nitrogen and oxygen atoms in total. The molecule has 15 aromatic carbocycles. The second-order valence-electron chi connectivity index (χ2n) is 34.0. The molecule has 678 valence electrons. The first-order valence-corrected chi connectivity index (χ1v) is 47.2. The van der Waals surface area contributed by atoms with Crippen LogP contribution in [-0.4, -0.2) is 84.7 Å². The summed E-state index contributed by atoms with van der Waals surface area (Å²) in [6.07, 6.45) is 16.0. The summed E-state index contributed by atoms with van der Waals surface area (Å²) in [6.45, 7) is 0. The van der Waals surface area contributed by atoms with Gasteiger partial charge in [-0.3, -0.25) is 29.9 Å². The van der Waals surface area contributed by atoms with Crippen LogP contribution < -0.4 is 0 Å². The molecule has 0 aliphatic heterocycles. The molecule has 17 heteroatoms. The minimum atomic E-state index is 0.602. The predicted octanol–water partition coefficient (Wildman–Crippen LogP) is 29.8. The Bertz CT molecular complexity index is 7200. The van der Waals surface area contributed by atoms with E-state index < -0.39 is 0 Å². The lowest BCUT2D eigenvalue weighted by Crippen LogP contribution is -2.00. The Morgan fingerprint density at radius 3 is 0.479 bits per heavy atom. The van der Waals surface area contributed by atoms with Crippen LogP contribution in [0.15, 0.2) is 517 Å². The standard InChI is InChI=1S/C43H29N5.2C42H28N6/c1-3-11-34(12-4-1)41-46-42(35-13-5-2-6-14-35)48-43(47-41)38-28-36(30-17-21-32(22-18-30)39-15-7-9-25-44-39)27-37(29-38)31-19-23-33(24-20-31)40-16-8-10-26-45-40;1-3-10-32(11-4-1)40-46-41(33-12-5-2-6-13-33)48-42(47-40)37-27-35(29-15-19-31(20-16-29)38-14-7-8-23-43-38)26-36(28-37)30-17-21-34(22-18-30)39-44-24-9-25-45-39;1-3-9-33(10-4-1)40-46-41(34-11-5-2-6-12-34)48-42(47-40)37-26-35(29-14-18-31(19-15-29)38-13-7-8-22-44-38)25-36(27-37)30-16-20-32(21-17-30)39-28-43-23-24-45-39/h1-29H;2*1-28H. The van der Waals surface area contributed by atoms with Gasteiger partial charge in [0.05, 0.1) is 34.7 Å². The monoisotopic (exact) mass is 1850 g/mol. The molecule has 0 radical (unpaired) electrons. The van der Waals surface area contributed by atoms with Crippen LogP contribution in [0.25, 0.3) is 237 Å². The number of pyridine rings is 4. The van der Waals surface area contributed by atoms with E-state index in [1.807, 2.05) is 286 Å². The van der Waals surface area contributed by atoms with E-state index in [0.717, 1.165) is 179 Å². The van der Waals surface area contributed by atoms with Gasteiger partial charge in [-0.15, -0.1) is 0 Å². The molecular formula is C127H85N17. The van der Waals surface area contributed by atoms with Gasteiger partial charge in [-0.25, -0.2) is 54.8 Å². The van der Waals surface area contributed by atoms with Crippen molar-refractivity contribution in [2.75, 3.05) is 0 Å². The molecule has 0 bridgehead atoms. The maximum absolute atomic E-state index is 5.04. The van der Waals surface area contributed by atoms with Gasteiger partial charge in [-0.1, -0.05) is 352 Å². The first-order valence-electron chi connectivity index (χ1n) is 47.2. The topological polar surface area (TPSA) is 219 Å². The molecule has 0 unspecified atom stereocenters.